The molecule has 19 heavy (non-hydrogen) atoms. The zero-order valence-corrected chi connectivity index (χ0v) is 11.2. The lowest BCUT2D eigenvalue weighted by atomic mass is 9.84. The highest BCUT2D eigenvalue weighted by Crippen LogP contribution is 2.39. The van der Waals surface area contributed by atoms with Crippen molar-refractivity contribution in [2.75, 3.05) is 6.61 Å². The monoisotopic (exact) mass is 266 g/mol. The van der Waals surface area contributed by atoms with Crippen LogP contribution in [0.15, 0.2) is 30.3 Å². The van der Waals surface area contributed by atoms with Gasteiger partial charge < -0.3 is 14.2 Å². The Balaban J connectivity index is 1.75. The smallest absolute Gasteiger partial charge is 0.202 e. The van der Waals surface area contributed by atoms with Crippen LogP contribution in [0.2, 0.25) is 0 Å². The molecular weight excluding hydrogens is 247 g/mol. The molecule has 3 nitrogen and oxygen atoms in total. The molecule has 0 bridgehead atoms. The van der Waals surface area contributed by atoms with Gasteiger partial charge in [0.05, 0.1) is 12.7 Å². The molecule has 2 saturated heterocycles. The van der Waals surface area contributed by atoms with Crippen LogP contribution < -0.4 is 0 Å². The summed E-state index contributed by atoms with van der Waals surface area (Å²) in [5.41, 5.74) is 0.989. The molecule has 1 aromatic rings. The van der Waals surface area contributed by atoms with Crippen molar-refractivity contribution in [3.8, 4) is 0 Å². The molecule has 0 aromatic heterocycles. The second-order valence-corrected chi connectivity index (χ2v) is 5.42. The van der Waals surface area contributed by atoms with Gasteiger partial charge >= 0.3 is 0 Å². The van der Waals surface area contributed by atoms with Crippen LogP contribution in [0.3, 0.4) is 0 Å². The normalized spacial score (nSPS) is 42.7. The predicted molar refractivity (Wildman–Crippen MR) is 68.1 cm³/mol. The van der Waals surface area contributed by atoms with E-state index in [-0.39, 0.29) is 30.3 Å². The van der Waals surface area contributed by atoms with E-state index >= 15 is 0 Å². The molecule has 104 valence electrons. The second kappa shape index (κ2) is 5.19. The molecule has 0 radical (unpaired) electrons. The Morgan fingerprint density at radius 1 is 1.05 bits per heavy atom. The molecule has 3 unspecified atom stereocenters. The highest BCUT2D eigenvalue weighted by molar-refractivity contribution is 5.16. The molecule has 0 spiro atoms. The van der Waals surface area contributed by atoms with E-state index < -0.39 is 6.36 Å². The first-order valence-corrected chi connectivity index (χ1v) is 6.78. The molecule has 3 rings (SSSR count). The van der Waals surface area contributed by atoms with Gasteiger partial charge in [-0.05, 0) is 5.92 Å². The Bertz CT molecular complexity index is 423. The average Bonchev–Trinajstić information content (AvgIpc) is 2.46. The van der Waals surface area contributed by atoms with Gasteiger partial charge in [-0.3, -0.25) is 0 Å². The first kappa shape index (κ1) is 13.0. The number of fused-ring (bicyclic) bond motifs is 1. The van der Waals surface area contributed by atoms with Gasteiger partial charge in [0.25, 0.3) is 0 Å². The molecule has 0 amide bonds. The highest BCUT2D eigenvalue weighted by atomic mass is 19.1. The van der Waals surface area contributed by atoms with Crippen molar-refractivity contribution >= 4 is 0 Å². The van der Waals surface area contributed by atoms with Crippen LogP contribution in [0.25, 0.3) is 0 Å². The van der Waals surface area contributed by atoms with Crippen LogP contribution in [0, 0.1) is 11.8 Å². The zero-order chi connectivity index (χ0) is 13.4. The van der Waals surface area contributed by atoms with E-state index in [9.17, 15) is 4.39 Å². The first-order chi connectivity index (χ1) is 9.16. The molecule has 2 aliphatic heterocycles. The highest BCUT2D eigenvalue weighted by Gasteiger charge is 2.46. The summed E-state index contributed by atoms with van der Waals surface area (Å²) in [5.74, 6) is -0.0420. The van der Waals surface area contributed by atoms with E-state index in [1.165, 1.54) is 0 Å². The van der Waals surface area contributed by atoms with Crippen LogP contribution >= 0.6 is 0 Å². The van der Waals surface area contributed by atoms with Gasteiger partial charge in [-0.2, -0.15) is 0 Å². The fourth-order valence-electron chi connectivity index (χ4n) is 2.74. The third-order valence-corrected chi connectivity index (χ3v) is 4.20. The van der Waals surface area contributed by atoms with Gasteiger partial charge in [0.1, 0.15) is 6.10 Å². The average molecular weight is 266 g/mol. The third kappa shape index (κ3) is 2.40. The number of rotatable bonds is 1. The maximum absolute atomic E-state index is 13.7. The third-order valence-electron chi connectivity index (χ3n) is 4.20. The molecule has 2 heterocycles. The fourth-order valence-corrected chi connectivity index (χ4v) is 2.74. The minimum atomic E-state index is -1.23. The Morgan fingerprint density at radius 2 is 1.79 bits per heavy atom. The van der Waals surface area contributed by atoms with Crippen LogP contribution in [0.1, 0.15) is 25.7 Å². The Kier molecular flexibility index (Phi) is 3.56. The molecule has 0 saturated carbocycles. The predicted octanol–water partition coefficient (Wildman–Crippen LogP) is 3.07. The van der Waals surface area contributed by atoms with E-state index in [2.05, 4.69) is 0 Å². The Hall–Kier alpha value is -0.970. The summed E-state index contributed by atoms with van der Waals surface area (Å²) in [6.07, 6.45) is -2.02. The summed E-state index contributed by atoms with van der Waals surface area (Å²) >= 11 is 0. The molecule has 1 aromatic carbocycles. The first-order valence-electron chi connectivity index (χ1n) is 6.78. The summed E-state index contributed by atoms with van der Waals surface area (Å²) in [5, 5.41) is 0. The molecule has 4 heteroatoms. The minimum absolute atomic E-state index is 0.110. The van der Waals surface area contributed by atoms with E-state index in [1.807, 2.05) is 44.2 Å². The maximum Gasteiger partial charge on any atom is 0.202 e. The summed E-state index contributed by atoms with van der Waals surface area (Å²) in [7, 11) is 0. The van der Waals surface area contributed by atoms with Crippen LogP contribution in [-0.4, -0.2) is 25.2 Å². The Labute approximate surface area is 112 Å². The Morgan fingerprint density at radius 3 is 2.53 bits per heavy atom. The number of ether oxygens (including phenoxy) is 3. The number of halogens is 1. The van der Waals surface area contributed by atoms with Crippen molar-refractivity contribution in [3.05, 3.63) is 35.9 Å². The van der Waals surface area contributed by atoms with Crippen molar-refractivity contribution < 1.29 is 18.6 Å². The number of hydrogen-bond acceptors (Lipinski definition) is 3. The van der Waals surface area contributed by atoms with E-state index in [0.29, 0.717) is 6.61 Å². The molecular formula is C15H19FO3. The summed E-state index contributed by atoms with van der Waals surface area (Å²) in [6.45, 7) is 4.26. The molecule has 2 aliphatic rings. The largest absolute Gasteiger partial charge is 0.346 e. The van der Waals surface area contributed by atoms with E-state index in [0.717, 1.165) is 5.56 Å². The van der Waals surface area contributed by atoms with Gasteiger partial charge in [0.2, 0.25) is 6.36 Å². The molecule has 0 N–H and O–H groups in total. The van der Waals surface area contributed by atoms with Gasteiger partial charge in [-0.25, -0.2) is 4.39 Å². The van der Waals surface area contributed by atoms with Gasteiger partial charge in [-0.15, -0.1) is 0 Å². The van der Waals surface area contributed by atoms with Crippen molar-refractivity contribution in [1.82, 2.24) is 0 Å². The van der Waals surface area contributed by atoms with Gasteiger partial charge in [0.15, 0.2) is 6.29 Å². The van der Waals surface area contributed by atoms with Crippen LogP contribution in [-0.2, 0) is 14.2 Å². The molecule has 2 fully saturated rings. The van der Waals surface area contributed by atoms with Gasteiger partial charge in [-0.1, -0.05) is 44.2 Å². The van der Waals surface area contributed by atoms with Crippen LogP contribution in [0.5, 0.6) is 0 Å². The second-order valence-electron chi connectivity index (χ2n) is 5.42. The lowest BCUT2D eigenvalue weighted by molar-refractivity contribution is -0.324. The maximum atomic E-state index is 13.7. The van der Waals surface area contributed by atoms with E-state index in [1.54, 1.807) is 0 Å². The van der Waals surface area contributed by atoms with Crippen molar-refractivity contribution in [2.45, 2.75) is 38.7 Å². The summed E-state index contributed by atoms with van der Waals surface area (Å²) < 4.78 is 30.7. The molecule has 0 aliphatic carbocycles. The summed E-state index contributed by atoms with van der Waals surface area (Å²) in [4.78, 5) is 0. The standard InChI is InChI=1S/C15H19FO3/c1-9-10(2)14(16)18-12-8-17-15(19-13(9)12)11-6-4-3-5-7-11/h3-7,9-10,12-15H,8H2,1-2H3/t9-,10?,12?,13+,14-,15?/m1/s1. The minimum Gasteiger partial charge on any atom is -0.346 e. The number of alkyl halides is 1. The molecule has 6 atom stereocenters. The quantitative estimate of drug-likeness (QED) is 0.782. The zero-order valence-electron chi connectivity index (χ0n) is 11.2. The lowest BCUT2D eigenvalue weighted by Gasteiger charge is -2.46. The number of benzene rings is 1. The summed E-state index contributed by atoms with van der Waals surface area (Å²) in [6, 6.07) is 9.81. The van der Waals surface area contributed by atoms with Crippen molar-refractivity contribution in [1.29, 1.82) is 0 Å². The SMILES string of the molecule is CC1[C@H](F)OC2COC(c3ccccc3)O[C@H]2[C@@H]1C. The lowest BCUT2D eigenvalue weighted by Crippen LogP contribution is -2.54. The van der Waals surface area contributed by atoms with Crippen LogP contribution in [0.4, 0.5) is 4.39 Å². The number of hydrogen-bond donors (Lipinski definition) is 0. The van der Waals surface area contributed by atoms with E-state index in [4.69, 9.17) is 14.2 Å². The fraction of sp³-hybridized carbons (Fsp3) is 0.600. The van der Waals surface area contributed by atoms with Gasteiger partial charge in [0, 0.05) is 11.5 Å². The van der Waals surface area contributed by atoms with Crippen molar-refractivity contribution in [3.63, 3.8) is 0 Å². The van der Waals surface area contributed by atoms with Crippen molar-refractivity contribution in [2.24, 2.45) is 11.8 Å². The topological polar surface area (TPSA) is 27.7 Å².